The fourth-order valence-corrected chi connectivity index (χ4v) is 7.31. The van der Waals surface area contributed by atoms with E-state index in [2.05, 4.69) is 17.9 Å². The van der Waals surface area contributed by atoms with Crippen LogP contribution in [-0.4, -0.2) is 77.2 Å². The van der Waals surface area contributed by atoms with E-state index in [1.54, 1.807) is 29.1 Å². The van der Waals surface area contributed by atoms with Crippen molar-refractivity contribution in [1.29, 1.82) is 0 Å². The second-order valence-corrected chi connectivity index (χ2v) is 11.8. The molecule has 1 atom stereocenters. The fraction of sp³-hybridized carbons (Fsp3) is 0.478. The lowest BCUT2D eigenvalue weighted by molar-refractivity contribution is 0.0573. The molecule has 2 saturated heterocycles. The van der Waals surface area contributed by atoms with Crippen molar-refractivity contribution in [2.24, 2.45) is 7.05 Å². The Kier molecular flexibility index (Phi) is 6.02. The summed E-state index contributed by atoms with van der Waals surface area (Å²) in [6, 6.07) is 9.89. The highest BCUT2D eigenvalue weighted by Gasteiger charge is 2.32. The van der Waals surface area contributed by atoms with Crippen LogP contribution in [0.3, 0.4) is 0 Å². The Morgan fingerprint density at radius 1 is 1.06 bits per heavy atom. The normalized spacial score (nSPS) is 19.4. The summed E-state index contributed by atoms with van der Waals surface area (Å²) in [5.74, 6) is -0.118. The number of thiazole rings is 1. The molecule has 2 aromatic heterocycles. The Balaban J connectivity index is 1.25. The summed E-state index contributed by atoms with van der Waals surface area (Å²) in [5.41, 5.74) is 1.45. The van der Waals surface area contributed by atoms with Crippen molar-refractivity contribution in [2.45, 2.75) is 30.7 Å². The van der Waals surface area contributed by atoms with Crippen molar-refractivity contribution in [3.05, 3.63) is 47.2 Å². The van der Waals surface area contributed by atoms with E-state index in [9.17, 15) is 13.2 Å². The molecule has 0 unspecified atom stereocenters. The second-order valence-electron chi connectivity index (χ2n) is 8.81. The van der Waals surface area contributed by atoms with Gasteiger partial charge in [0, 0.05) is 52.5 Å². The van der Waals surface area contributed by atoms with Crippen molar-refractivity contribution < 1.29 is 13.2 Å². The lowest BCUT2D eigenvalue weighted by Crippen LogP contribution is -2.49. The summed E-state index contributed by atoms with van der Waals surface area (Å²) < 4.78 is 30.1. The molecule has 4 heterocycles. The minimum Gasteiger partial charge on any atom is -0.345 e. The quantitative estimate of drug-likeness (QED) is 0.553. The minimum atomic E-state index is -3.54. The van der Waals surface area contributed by atoms with E-state index < -0.39 is 10.0 Å². The average Bonchev–Trinajstić information content (AvgIpc) is 3.57. The van der Waals surface area contributed by atoms with Gasteiger partial charge in [-0.05, 0) is 38.0 Å². The topological polar surface area (TPSA) is 78.8 Å². The fourth-order valence-electron chi connectivity index (χ4n) is 4.66. The summed E-state index contributed by atoms with van der Waals surface area (Å²) in [5, 5.41) is 1.09. The first kappa shape index (κ1) is 22.5. The van der Waals surface area contributed by atoms with Gasteiger partial charge in [0.05, 0.1) is 16.3 Å². The molecule has 33 heavy (non-hydrogen) atoms. The third-order valence-electron chi connectivity index (χ3n) is 6.72. The number of hydrogen-bond donors (Lipinski definition) is 0. The van der Waals surface area contributed by atoms with E-state index in [1.807, 2.05) is 23.1 Å². The smallest absolute Gasteiger partial charge is 0.270 e. The number of fused-ring (bicyclic) bond motifs is 1. The standard InChI is InChI=1S/C23H29N5O3S2/c1-17(22-24-19-7-3-4-8-21(19)32-22)26-11-13-27(14-12-26)23(29)20-15-18(16-25(20)2)33(30,31)28-9-5-6-10-28/h3-4,7-8,15-17H,5-6,9-14H2,1-2H3/t17-/m0/s1. The molecule has 8 nitrogen and oxygen atoms in total. The van der Waals surface area contributed by atoms with Gasteiger partial charge >= 0.3 is 0 Å². The number of benzene rings is 1. The number of sulfonamides is 1. The van der Waals surface area contributed by atoms with Gasteiger partial charge in [0.2, 0.25) is 10.0 Å². The zero-order valence-corrected chi connectivity index (χ0v) is 20.6. The van der Waals surface area contributed by atoms with Crippen molar-refractivity contribution >= 4 is 37.5 Å². The molecular formula is C23H29N5O3S2. The monoisotopic (exact) mass is 487 g/mol. The lowest BCUT2D eigenvalue weighted by Gasteiger charge is -2.37. The van der Waals surface area contributed by atoms with Crippen LogP contribution in [-0.2, 0) is 17.1 Å². The van der Waals surface area contributed by atoms with Crippen LogP contribution in [0.5, 0.6) is 0 Å². The highest BCUT2D eigenvalue weighted by atomic mass is 32.2. The third kappa shape index (κ3) is 4.21. The molecular weight excluding hydrogens is 458 g/mol. The van der Waals surface area contributed by atoms with Gasteiger partial charge < -0.3 is 9.47 Å². The van der Waals surface area contributed by atoms with Crippen LogP contribution in [0.2, 0.25) is 0 Å². The average molecular weight is 488 g/mol. The summed E-state index contributed by atoms with van der Waals surface area (Å²) >= 11 is 1.72. The van der Waals surface area contributed by atoms with E-state index in [0.717, 1.165) is 36.5 Å². The Hall–Kier alpha value is -2.27. The number of para-hydroxylation sites is 1. The zero-order chi connectivity index (χ0) is 23.2. The van der Waals surface area contributed by atoms with Gasteiger partial charge in [-0.15, -0.1) is 11.3 Å². The summed E-state index contributed by atoms with van der Waals surface area (Å²) in [7, 11) is -1.80. The van der Waals surface area contributed by atoms with Crippen LogP contribution in [0, 0.1) is 0 Å². The lowest BCUT2D eigenvalue weighted by atomic mass is 10.2. The molecule has 0 aliphatic carbocycles. The molecule has 176 valence electrons. The van der Waals surface area contributed by atoms with Crippen LogP contribution in [0.4, 0.5) is 0 Å². The molecule has 0 saturated carbocycles. The van der Waals surface area contributed by atoms with Gasteiger partial charge in [-0.1, -0.05) is 12.1 Å². The van der Waals surface area contributed by atoms with Crippen LogP contribution < -0.4 is 0 Å². The number of aromatic nitrogens is 2. The number of rotatable bonds is 5. The molecule has 2 aliphatic rings. The molecule has 10 heteroatoms. The van der Waals surface area contributed by atoms with Crippen LogP contribution >= 0.6 is 11.3 Å². The van der Waals surface area contributed by atoms with Crippen molar-refractivity contribution in [1.82, 2.24) is 23.7 Å². The number of aryl methyl sites for hydroxylation is 1. The maximum atomic E-state index is 13.2. The number of nitrogens with zero attached hydrogens (tertiary/aromatic N) is 5. The predicted octanol–water partition coefficient (Wildman–Crippen LogP) is 2.94. The maximum Gasteiger partial charge on any atom is 0.270 e. The summed E-state index contributed by atoms with van der Waals surface area (Å²) in [4.78, 5) is 22.4. The van der Waals surface area contributed by atoms with Gasteiger partial charge in [0.1, 0.15) is 15.6 Å². The number of carbonyl (C=O) groups is 1. The van der Waals surface area contributed by atoms with Gasteiger partial charge in [-0.3, -0.25) is 9.69 Å². The largest absolute Gasteiger partial charge is 0.345 e. The van der Waals surface area contributed by atoms with E-state index in [0.29, 0.717) is 31.9 Å². The predicted molar refractivity (Wildman–Crippen MR) is 129 cm³/mol. The molecule has 3 aromatic rings. The minimum absolute atomic E-state index is 0.118. The number of piperazine rings is 1. The van der Waals surface area contributed by atoms with E-state index in [4.69, 9.17) is 4.98 Å². The molecule has 0 spiro atoms. The molecule has 0 radical (unpaired) electrons. The van der Waals surface area contributed by atoms with Gasteiger partial charge in [0.15, 0.2) is 0 Å². The molecule has 0 N–H and O–H groups in total. The Morgan fingerprint density at radius 2 is 1.76 bits per heavy atom. The Bertz CT molecular complexity index is 1240. The zero-order valence-electron chi connectivity index (χ0n) is 19.0. The molecule has 1 amide bonds. The first-order valence-corrected chi connectivity index (χ1v) is 13.7. The van der Waals surface area contributed by atoms with E-state index in [-0.39, 0.29) is 16.8 Å². The first-order valence-electron chi connectivity index (χ1n) is 11.4. The highest BCUT2D eigenvalue weighted by Crippen LogP contribution is 2.30. The van der Waals surface area contributed by atoms with Crippen LogP contribution in [0.1, 0.15) is 41.3 Å². The maximum absolute atomic E-state index is 13.2. The third-order valence-corrected chi connectivity index (χ3v) is 9.79. The first-order chi connectivity index (χ1) is 15.8. The van der Waals surface area contributed by atoms with Crippen molar-refractivity contribution in [3.8, 4) is 0 Å². The van der Waals surface area contributed by atoms with Gasteiger partial charge in [-0.2, -0.15) is 4.31 Å². The molecule has 2 aliphatic heterocycles. The highest BCUT2D eigenvalue weighted by molar-refractivity contribution is 7.89. The molecule has 0 bridgehead atoms. The molecule has 1 aromatic carbocycles. The van der Waals surface area contributed by atoms with Gasteiger partial charge in [0.25, 0.3) is 5.91 Å². The number of amides is 1. The summed E-state index contributed by atoms with van der Waals surface area (Å²) in [6.45, 7) is 5.99. The Morgan fingerprint density at radius 3 is 2.45 bits per heavy atom. The number of hydrogen-bond acceptors (Lipinski definition) is 6. The molecule has 2 fully saturated rings. The second kappa shape index (κ2) is 8.83. The van der Waals surface area contributed by atoms with E-state index >= 15 is 0 Å². The number of carbonyl (C=O) groups excluding carboxylic acids is 1. The van der Waals surface area contributed by atoms with Crippen LogP contribution in [0.25, 0.3) is 10.2 Å². The van der Waals surface area contributed by atoms with Crippen molar-refractivity contribution in [3.63, 3.8) is 0 Å². The summed E-state index contributed by atoms with van der Waals surface area (Å²) in [6.07, 6.45) is 3.33. The van der Waals surface area contributed by atoms with Gasteiger partial charge in [-0.25, -0.2) is 13.4 Å². The molecule has 5 rings (SSSR count). The van der Waals surface area contributed by atoms with Crippen LogP contribution in [0.15, 0.2) is 41.4 Å². The SMILES string of the molecule is C[C@@H](c1nc2ccccc2s1)N1CCN(C(=O)c2cc(S(=O)(=O)N3CCCC3)cn2C)CC1. The Labute approximate surface area is 198 Å². The van der Waals surface area contributed by atoms with Crippen molar-refractivity contribution in [2.75, 3.05) is 39.3 Å². The van der Waals surface area contributed by atoms with E-state index in [1.165, 1.54) is 15.1 Å².